The van der Waals surface area contributed by atoms with Crippen molar-refractivity contribution in [3.05, 3.63) is 48.3 Å². The van der Waals surface area contributed by atoms with Gasteiger partial charge in [0.25, 0.3) is 5.91 Å². The largest absolute Gasteiger partial charge is 0.452 e. The first kappa shape index (κ1) is 17.3. The maximum atomic E-state index is 12.4. The summed E-state index contributed by atoms with van der Waals surface area (Å²) in [6, 6.07) is 9.68. The summed E-state index contributed by atoms with van der Waals surface area (Å²) in [5.41, 5.74) is 1.39. The second kappa shape index (κ2) is 7.26. The van der Waals surface area contributed by atoms with E-state index in [0.717, 1.165) is 23.7 Å². The Morgan fingerprint density at radius 3 is 2.81 bits per heavy atom. The van der Waals surface area contributed by atoms with E-state index in [1.54, 1.807) is 18.5 Å². The number of ether oxygens (including phenoxy) is 1. The predicted molar refractivity (Wildman–Crippen MR) is 102 cm³/mol. The molecule has 1 saturated carbocycles. The van der Waals surface area contributed by atoms with Gasteiger partial charge in [-0.25, -0.2) is 9.48 Å². The van der Waals surface area contributed by atoms with E-state index in [0.29, 0.717) is 17.4 Å². The molecule has 0 spiro atoms. The smallest absolute Gasteiger partial charge is 0.340 e. The van der Waals surface area contributed by atoms with Crippen molar-refractivity contribution in [2.75, 3.05) is 11.9 Å². The number of esters is 1. The molecule has 1 aliphatic carbocycles. The number of aromatic nitrogens is 3. The number of fused-ring (bicyclic) bond motifs is 1. The van der Waals surface area contributed by atoms with E-state index in [1.807, 2.05) is 40.6 Å². The van der Waals surface area contributed by atoms with Crippen LogP contribution < -0.4 is 5.32 Å². The molecule has 0 aliphatic heterocycles. The lowest BCUT2D eigenvalue weighted by molar-refractivity contribution is -0.119. The number of amides is 1. The second-order valence-electron chi connectivity index (χ2n) is 6.89. The number of hydrogen-bond acceptors (Lipinski definition) is 4. The molecule has 27 heavy (non-hydrogen) atoms. The minimum absolute atomic E-state index is 0.327. The fourth-order valence-electron chi connectivity index (χ4n) is 3.75. The van der Waals surface area contributed by atoms with E-state index in [2.05, 4.69) is 10.4 Å². The third-order valence-electron chi connectivity index (χ3n) is 5.06. The quantitative estimate of drug-likeness (QED) is 0.703. The first-order valence-corrected chi connectivity index (χ1v) is 9.18. The van der Waals surface area contributed by atoms with Crippen molar-refractivity contribution in [1.29, 1.82) is 0 Å². The third kappa shape index (κ3) is 3.45. The van der Waals surface area contributed by atoms with Crippen molar-refractivity contribution in [3.63, 3.8) is 0 Å². The molecule has 7 nitrogen and oxygen atoms in total. The van der Waals surface area contributed by atoms with Gasteiger partial charge in [0.1, 0.15) is 5.82 Å². The lowest BCUT2D eigenvalue weighted by Crippen LogP contribution is -2.23. The molecular weight excluding hydrogens is 344 g/mol. The number of nitrogens with one attached hydrogen (secondary N) is 1. The summed E-state index contributed by atoms with van der Waals surface area (Å²) in [4.78, 5) is 24.7. The van der Waals surface area contributed by atoms with Crippen LogP contribution in [-0.4, -0.2) is 32.8 Å². The van der Waals surface area contributed by atoms with Crippen LogP contribution in [0.5, 0.6) is 0 Å². The normalized spacial score (nSPS) is 14.6. The number of nitrogens with zero attached hydrogens (tertiary/aromatic N) is 3. The van der Waals surface area contributed by atoms with Crippen molar-refractivity contribution in [1.82, 2.24) is 14.3 Å². The van der Waals surface area contributed by atoms with Crippen LogP contribution in [0.1, 0.15) is 42.1 Å². The first-order chi connectivity index (χ1) is 13.1. The molecular formula is C20H22N4O3. The van der Waals surface area contributed by atoms with Crippen molar-refractivity contribution < 1.29 is 14.3 Å². The van der Waals surface area contributed by atoms with Crippen molar-refractivity contribution in [3.8, 4) is 0 Å². The Kier molecular flexibility index (Phi) is 4.66. The Morgan fingerprint density at radius 1 is 1.22 bits per heavy atom. The van der Waals surface area contributed by atoms with E-state index in [9.17, 15) is 9.59 Å². The van der Waals surface area contributed by atoms with Gasteiger partial charge in [-0.15, -0.1) is 0 Å². The lowest BCUT2D eigenvalue weighted by Gasteiger charge is -2.14. The van der Waals surface area contributed by atoms with Gasteiger partial charge in [-0.2, -0.15) is 5.10 Å². The van der Waals surface area contributed by atoms with E-state index >= 15 is 0 Å². The molecule has 140 valence electrons. The summed E-state index contributed by atoms with van der Waals surface area (Å²) in [7, 11) is 1.87. The van der Waals surface area contributed by atoms with E-state index in [1.165, 1.54) is 12.8 Å². The van der Waals surface area contributed by atoms with Gasteiger partial charge in [0.2, 0.25) is 0 Å². The van der Waals surface area contributed by atoms with Gasteiger partial charge in [0.15, 0.2) is 6.61 Å². The molecule has 1 aliphatic rings. The van der Waals surface area contributed by atoms with Gasteiger partial charge in [-0.1, -0.05) is 31.0 Å². The number of para-hydroxylation sites is 1. The molecule has 1 amide bonds. The summed E-state index contributed by atoms with van der Waals surface area (Å²) >= 11 is 0. The number of carbonyl (C=O) groups is 2. The van der Waals surface area contributed by atoms with Crippen molar-refractivity contribution >= 4 is 28.6 Å². The van der Waals surface area contributed by atoms with Crippen LogP contribution in [0.15, 0.2) is 42.7 Å². The maximum Gasteiger partial charge on any atom is 0.340 e. The minimum Gasteiger partial charge on any atom is -0.452 e. The zero-order chi connectivity index (χ0) is 18.8. The Morgan fingerprint density at radius 2 is 2.00 bits per heavy atom. The highest BCUT2D eigenvalue weighted by atomic mass is 16.5. The summed E-state index contributed by atoms with van der Waals surface area (Å²) in [6.45, 7) is -0.335. The SMILES string of the molecule is Cn1cc(C(=O)OCC(=O)Nc2ccnn2C2CCCC2)c2ccccc21. The molecule has 0 bridgehead atoms. The Bertz CT molecular complexity index is 982. The fourth-order valence-corrected chi connectivity index (χ4v) is 3.75. The van der Waals surface area contributed by atoms with Crippen LogP contribution in [0.2, 0.25) is 0 Å². The number of carbonyl (C=O) groups excluding carboxylic acids is 2. The Labute approximate surface area is 156 Å². The summed E-state index contributed by atoms with van der Waals surface area (Å²) in [6.07, 6.45) is 7.90. The standard InChI is InChI=1S/C20H22N4O3/c1-23-12-16(15-8-4-5-9-17(15)23)20(26)27-13-19(25)22-18-10-11-21-24(18)14-6-2-3-7-14/h4-5,8-12,14H,2-3,6-7,13H2,1H3,(H,22,25). The molecule has 1 fully saturated rings. The van der Waals surface area contributed by atoms with Gasteiger partial charge < -0.3 is 14.6 Å². The zero-order valence-corrected chi connectivity index (χ0v) is 15.2. The fraction of sp³-hybridized carbons (Fsp3) is 0.350. The molecule has 7 heteroatoms. The Balaban J connectivity index is 1.39. The minimum atomic E-state index is -0.508. The number of benzene rings is 1. The van der Waals surface area contributed by atoms with Crippen LogP contribution in [-0.2, 0) is 16.6 Å². The predicted octanol–water partition coefficient (Wildman–Crippen LogP) is 3.29. The number of rotatable bonds is 5. The highest BCUT2D eigenvalue weighted by molar-refractivity contribution is 6.05. The van der Waals surface area contributed by atoms with Gasteiger partial charge in [0, 0.05) is 30.2 Å². The van der Waals surface area contributed by atoms with Crippen LogP contribution in [0.4, 0.5) is 5.82 Å². The topological polar surface area (TPSA) is 78.2 Å². The van der Waals surface area contributed by atoms with Crippen LogP contribution in [0, 0.1) is 0 Å². The number of anilines is 1. The van der Waals surface area contributed by atoms with Crippen LogP contribution in [0.3, 0.4) is 0 Å². The number of hydrogen-bond donors (Lipinski definition) is 1. The van der Waals surface area contributed by atoms with E-state index < -0.39 is 5.97 Å². The molecule has 3 aromatic rings. The third-order valence-corrected chi connectivity index (χ3v) is 5.06. The average Bonchev–Trinajstić information content (AvgIpc) is 3.40. The van der Waals surface area contributed by atoms with Gasteiger partial charge in [-0.05, 0) is 18.9 Å². The molecule has 4 rings (SSSR count). The monoisotopic (exact) mass is 366 g/mol. The molecule has 0 unspecified atom stereocenters. The summed E-state index contributed by atoms with van der Waals surface area (Å²) in [5, 5.41) is 7.93. The highest BCUT2D eigenvalue weighted by Gasteiger charge is 2.21. The average molecular weight is 366 g/mol. The maximum absolute atomic E-state index is 12.4. The molecule has 0 radical (unpaired) electrons. The summed E-state index contributed by atoms with van der Waals surface area (Å²) < 4.78 is 8.96. The number of aryl methyl sites for hydroxylation is 1. The van der Waals surface area contributed by atoms with Gasteiger partial charge in [0.05, 0.1) is 17.8 Å². The van der Waals surface area contributed by atoms with Crippen molar-refractivity contribution in [2.24, 2.45) is 7.05 Å². The first-order valence-electron chi connectivity index (χ1n) is 9.18. The van der Waals surface area contributed by atoms with Gasteiger partial charge in [-0.3, -0.25) is 4.79 Å². The van der Waals surface area contributed by atoms with E-state index in [4.69, 9.17) is 4.74 Å². The molecule has 2 aromatic heterocycles. The molecule has 1 N–H and O–H groups in total. The molecule has 1 aromatic carbocycles. The lowest BCUT2D eigenvalue weighted by atomic mass is 10.2. The van der Waals surface area contributed by atoms with E-state index in [-0.39, 0.29) is 12.5 Å². The highest BCUT2D eigenvalue weighted by Crippen LogP contribution is 2.31. The molecule has 0 saturated heterocycles. The molecule has 0 atom stereocenters. The van der Waals surface area contributed by atoms with Crippen LogP contribution >= 0.6 is 0 Å². The Hall–Kier alpha value is -3.09. The van der Waals surface area contributed by atoms with Gasteiger partial charge >= 0.3 is 5.97 Å². The summed E-state index contributed by atoms with van der Waals surface area (Å²) in [5.74, 6) is -0.234. The van der Waals surface area contributed by atoms with Crippen molar-refractivity contribution in [2.45, 2.75) is 31.7 Å². The zero-order valence-electron chi connectivity index (χ0n) is 15.2. The second-order valence-corrected chi connectivity index (χ2v) is 6.89. The van der Waals surface area contributed by atoms with Crippen LogP contribution in [0.25, 0.3) is 10.9 Å². The molecule has 2 heterocycles.